The molecule has 0 bridgehead atoms. The summed E-state index contributed by atoms with van der Waals surface area (Å²) in [7, 11) is 2.78. The predicted octanol–water partition coefficient (Wildman–Crippen LogP) is 0.278. The first-order valence-corrected chi connectivity index (χ1v) is 6.06. The van der Waals surface area contributed by atoms with Crippen LogP contribution in [-0.4, -0.2) is 38.2 Å². The fraction of sp³-hybridized carbons (Fsp3) is 0.308. The first-order chi connectivity index (χ1) is 9.88. The maximum absolute atomic E-state index is 11.9. The molecular weight excluding hydrogens is 278 g/mol. The van der Waals surface area contributed by atoms with Gasteiger partial charge in [-0.15, -0.1) is 0 Å². The van der Waals surface area contributed by atoms with Crippen molar-refractivity contribution in [2.75, 3.05) is 19.9 Å². The zero-order valence-electron chi connectivity index (χ0n) is 11.9. The van der Waals surface area contributed by atoms with Gasteiger partial charge in [0, 0.05) is 7.05 Å². The normalized spacial score (nSPS) is 11.2. The Morgan fingerprint density at radius 1 is 1.29 bits per heavy atom. The molecule has 114 valence electrons. The third kappa shape index (κ3) is 4.37. The van der Waals surface area contributed by atoms with Gasteiger partial charge in [-0.25, -0.2) is 9.59 Å². The zero-order valence-corrected chi connectivity index (χ0v) is 11.9. The lowest BCUT2D eigenvalue weighted by Crippen LogP contribution is -2.43. The highest BCUT2D eigenvalue weighted by molar-refractivity contribution is 5.98. The van der Waals surface area contributed by atoms with Crippen LogP contribution < -0.4 is 21.1 Å². The van der Waals surface area contributed by atoms with E-state index < -0.39 is 24.0 Å². The van der Waals surface area contributed by atoms with Crippen LogP contribution in [0.2, 0.25) is 0 Å². The van der Waals surface area contributed by atoms with E-state index >= 15 is 0 Å². The third-order valence-corrected chi connectivity index (χ3v) is 2.59. The molecule has 0 saturated heterocycles. The lowest BCUT2D eigenvalue weighted by molar-refractivity contribution is -0.127. The van der Waals surface area contributed by atoms with Crippen LogP contribution in [-0.2, 0) is 9.53 Å². The van der Waals surface area contributed by atoms with Gasteiger partial charge in [0.2, 0.25) is 0 Å². The van der Waals surface area contributed by atoms with Gasteiger partial charge < -0.3 is 20.5 Å². The summed E-state index contributed by atoms with van der Waals surface area (Å²) in [5.41, 5.74) is 6.19. The van der Waals surface area contributed by atoms with Crippen molar-refractivity contribution in [2.24, 2.45) is 0 Å². The molecule has 0 heterocycles. The predicted molar refractivity (Wildman–Crippen MR) is 74.9 cm³/mol. The fourth-order valence-electron chi connectivity index (χ4n) is 1.40. The number of hydrogen-bond acceptors (Lipinski definition) is 6. The molecule has 1 aromatic carbocycles. The van der Waals surface area contributed by atoms with Crippen LogP contribution in [0.4, 0.5) is 10.5 Å². The standard InChI is InChI=1S/C13H17N3O5/c1-7(11(17)16-13(19)15-2)21-12(18)8-4-5-9(14)10(6-8)20-3/h4-7H,14H2,1-3H3,(H2,15,16,17,19). The Morgan fingerprint density at radius 3 is 2.52 bits per heavy atom. The van der Waals surface area contributed by atoms with Crippen LogP contribution >= 0.6 is 0 Å². The Bertz CT molecular complexity index is 559. The Morgan fingerprint density at radius 2 is 1.95 bits per heavy atom. The maximum Gasteiger partial charge on any atom is 0.339 e. The van der Waals surface area contributed by atoms with Gasteiger partial charge in [0.05, 0.1) is 18.4 Å². The molecule has 0 fully saturated rings. The van der Waals surface area contributed by atoms with Crippen molar-refractivity contribution in [1.82, 2.24) is 10.6 Å². The first kappa shape index (κ1) is 16.3. The summed E-state index contributed by atoms with van der Waals surface area (Å²) in [5, 5.41) is 4.22. The number of urea groups is 1. The van der Waals surface area contributed by atoms with Crippen LogP contribution in [0.5, 0.6) is 5.75 Å². The average Bonchev–Trinajstić information content (AvgIpc) is 2.47. The van der Waals surface area contributed by atoms with E-state index in [4.69, 9.17) is 15.2 Å². The number of carbonyl (C=O) groups is 3. The van der Waals surface area contributed by atoms with Crippen LogP contribution in [0.3, 0.4) is 0 Å². The zero-order chi connectivity index (χ0) is 16.0. The summed E-state index contributed by atoms with van der Waals surface area (Å²) < 4.78 is 9.95. The highest BCUT2D eigenvalue weighted by Crippen LogP contribution is 2.22. The largest absolute Gasteiger partial charge is 0.495 e. The van der Waals surface area contributed by atoms with Crippen LogP contribution in [0.1, 0.15) is 17.3 Å². The molecule has 1 aromatic rings. The summed E-state index contributed by atoms with van der Waals surface area (Å²) in [4.78, 5) is 34.4. The molecule has 3 amide bonds. The highest BCUT2D eigenvalue weighted by Gasteiger charge is 2.21. The number of nitrogen functional groups attached to an aromatic ring is 1. The number of hydrogen-bond donors (Lipinski definition) is 3. The maximum atomic E-state index is 11.9. The molecule has 1 unspecified atom stereocenters. The Hall–Kier alpha value is -2.77. The van der Waals surface area contributed by atoms with Gasteiger partial charge >= 0.3 is 12.0 Å². The topological polar surface area (TPSA) is 120 Å². The Labute approximate surface area is 121 Å². The van der Waals surface area contributed by atoms with Crippen molar-refractivity contribution in [3.05, 3.63) is 23.8 Å². The van der Waals surface area contributed by atoms with Gasteiger partial charge in [0.25, 0.3) is 5.91 Å². The lowest BCUT2D eigenvalue weighted by atomic mass is 10.2. The molecule has 1 rings (SSSR count). The number of methoxy groups -OCH3 is 1. The molecular formula is C13H17N3O5. The van der Waals surface area contributed by atoms with Crippen molar-refractivity contribution in [3.8, 4) is 5.75 Å². The summed E-state index contributed by atoms with van der Waals surface area (Å²) in [5.74, 6) is -1.13. The van der Waals surface area contributed by atoms with Gasteiger partial charge in [-0.1, -0.05) is 0 Å². The van der Waals surface area contributed by atoms with Gasteiger partial charge in [0.1, 0.15) is 5.75 Å². The van der Waals surface area contributed by atoms with Gasteiger partial charge in [-0.05, 0) is 25.1 Å². The van der Waals surface area contributed by atoms with E-state index in [0.717, 1.165) is 0 Å². The molecule has 0 radical (unpaired) electrons. The second-order valence-corrected chi connectivity index (χ2v) is 4.07. The van der Waals surface area contributed by atoms with Gasteiger partial charge in [-0.2, -0.15) is 0 Å². The minimum absolute atomic E-state index is 0.181. The smallest absolute Gasteiger partial charge is 0.339 e. The lowest BCUT2D eigenvalue weighted by Gasteiger charge is -2.13. The number of benzene rings is 1. The molecule has 8 nitrogen and oxygen atoms in total. The number of nitrogens with two attached hydrogens (primary N) is 1. The summed E-state index contributed by atoms with van der Waals surface area (Å²) in [6, 6.07) is 3.66. The highest BCUT2D eigenvalue weighted by atomic mass is 16.5. The molecule has 0 spiro atoms. The molecule has 0 aromatic heterocycles. The van der Waals surface area contributed by atoms with Gasteiger partial charge in [-0.3, -0.25) is 10.1 Å². The molecule has 8 heteroatoms. The molecule has 0 aliphatic rings. The number of amides is 3. The van der Waals surface area contributed by atoms with Crippen LogP contribution in [0.25, 0.3) is 0 Å². The number of ether oxygens (including phenoxy) is 2. The van der Waals surface area contributed by atoms with Gasteiger partial charge in [0.15, 0.2) is 6.10 Å². The van der Waals surface area contributed by atoms with Crippen molar-refractivity contribution in [3.63, 3.8) is 0 Å². The minimum Gasteiger partial charge on any atom is -0.495 e. The summed E-state index contributed by atoms with van der Waals surface area (Å²) >= 11 is 0. The fourth-order valence-corrected chi connectivity index (χ4v) is 1.40. The number of rotatable bonds is 4. The summed E-state index contributed by atoms with van der Waals surface area (Å²) in [6.45, 7) is 1.35. The van der Waals surface area contributed by atoms with Crippen molar-refractivity contribution in [1.29, 1.82) is 0 Å². The number of carbonyl (C=O) groups excluding carboxylic acids is 3. The molecule has 1 atom stereocenters. The van der Waals surface area contributed by atoms with Crippen molar-refractivity contribution < 1.29 is 23.9 Å². The van der Waals surface area contributed by atoms with Crippen LogP contribution in [0.15, 0.2) is 18.2 Å². The molecule has 4 N–H and O–H groups in total. The van der Waals surface area contributed by atoms with Crippen LogP contribution in [0, 0.1) is 0 Å². The quantitative estimate of drug-likeness (QED) is 0.542. The van der Waals surface area contributed by atoms with E-state index in [9.17, 15) is 14.4 Å². The second-order valence-electron chi connectivity index (χ2n) is 4.07. The number of esters is 1. The third-order valence-electron chi connectivity index (χ3n) is 2.59. The number of anilines is 1. The second kappa shape index (κ2) is 7.13. The molecule has 21 heavy (non-hydrogen) atoms. The summed E-state index contributed by atoms with van der Waals surface area (Å²) in [6.07, 6.45) is -1.13. The minimum atomic E-state index is -1.13. The first-order valence-electron chi connectivity index (χ1n) is 6.06. The van der Waals surface area contributed by atoms with Crippen molar-refractivity contribution >= 4 is 23.6 Å². The van der Waals surface area contributed by atoms with Crippen molar-refractivity contribution in [2.45, 2.75) is 13.0 Å². The van der Waals surface area contributed by atoms with E-state index in [1.807, 2.05) is 5.32 Å². The van der Waals surface area contributed by atoms with E-state index in [-0.39, 0.29) is 5.56 Å². The SMILES string of the molecule is CNC(=O)NC(=O)C(C)OC(=O)c1ccc(N)c(OC)c1. The monoisotopic (exact) mass is 295 g/mol. The molecule has 0 aliphatic heterocycles. The molecule has 0 aliphatic carbocycles. The molecule has 0 saturated carbocycles. The van der Waals surface area contributed by atoms with E-state index in [2.05, 4.69) is 5.32 Å². The Balaban J connectivity index is 2.72. The van der Waals surface area contributed by atoms with E-state index in [1.165, 1.54) is 39.3 Å². The van der Waals surface area contributed by atoms with E-state index in [1.54, 1.807) is 0 Å². The average molecular weight is 295 g/mol. The number of imide groups is 1. The number of nitrogens with one attached hydrogen (secondary N) is 2. The van der Waals surface area contributed by atoms with E-state index in [0.29, 0.717) is 11.4 Å². The Kier molecular flexibility index (Phi) is 5.53.